The Morgan fingerprint density at radius 2 is 1.92 bits per heavy atom. The largest absolute Gasteiger partial charge is 0.277 e. The summed E-state index contributed by atoms with van der Waals surface area (Å²) < 4.78 is 65.1. The predicted octanol–water partition coefficient (Wildman–Crippen LogP) is 4.27. The Morgan fingerprint density at radius 3 is 2.50 bits per heavy atom. The number of hydrogen-bond donors (Lipinski definition) is 0. The summed E-state index contributed by atoms with van der Waals surface area (Å²) in [5, 5.41) is -0.551. The van der Waals surface area contributed by atoms with Crippen molar-refractivity contribution in [3.63, 3.8) is 0 Å². The SMILES string of the molecule is CC1=CC(C)(S(=O)(=O)n2c(S(=O)(=O)Cl)cc3cccc(F)c32)CC=C1Br. The van der Waals surface area contributed by atoms with E-state index in [1.165, 1.54) is 25.1 Å². The number of rotatable bonds is 3. The van der Waals surface area contributed by atoms with E-state index < -0.39 is 34.7 Å². The minimum absolute atomic E-state index is 0.0865. The van der Waals surface area contributed by atoms with Crippen molar-refractivity contribution in [1.82, 2.24) is 3.97 Å². The summed E-state index contributed by atoms with van der Waals surface area (Å²) in [6.07, 6.45) is 3.29. The zero-order valence-electron chi connectivity index (χ0n) is 13.7. The number of halogens is 3. The third-order valence-corrected chi connectivity index (χ3v) is 9.03. The molecule has 0 saturated heterocycles. The van der Waals surface area contributed by atoms with Crippen molar-refractivity contribution in [3.05, 3.63) is 52.3 Å². The number of allylic oxidation sites excluding steroid dienone is 3. The average molecular weight is 483 g/mol. The quantitative estimate of drug-likeness (QED) is 0.612. The summed E-state index contributed by atoms with van der Waals surface area (Å²) in [6.45, 7) is 3.18. The lowest BCUT2D eigenvalue weighted by atomic mass is 9.98. The summed E-state index contributed by atoms with van der Waals surface area (Å²) in [6, 6.07) is 4.93. The standard InChI is InChI=1S/C16H14BrClFNO4S2/c1-10-9-16(2,7-6-12(10)17)26(23,24)20-14(25(18,21)22)8-11-4-3-5-13(19)15(11)20/h3-6,8-9H,7H2,1-2H3. The maximum absolute atomic E-state index is 14.5. The summed E-state index contributed by atoms with van der Waals surface area (Å²) in [7, 11) is -3.35. The first-order chi connectivity index (χ1) is 11.9. The number of nitrogens with zero attached hydrogens (tertiary/aromatic N) is 1. The van der Waals surface area contributed by atoms with Gasteiger partial charge in [0.15, 0.2) is 5.03 Å². The second-order valence-electron chi connectivity index (χ2n) is 6.26. The third kappa shape index (κ3) is 2.94. The summed E-state index contributed by atoms with van der Waals surface area (Å²) in [4.78, 5) is 0. The van der Waals surface area contributed by atoms with Crippen LogP contribution in [0.1, 0.15) is 20.3 Å². The number of benzene rings is 1. The maximum Gasteiger partial charge on any atom is 0.277 e. The lowest BCUT2D eigenvalue weighted by Gasteiger charge is -2.30. The molecule has 2 aromatic rings. The van der Waals surface area contributed by atoms with E-state index in [-0.39, 0.29) is 17.3 Å². The van der Waals surface area contributed by atoms with E-state index in [0.29, 0.717) is 9.55 Å². The molecular weight excluding hydrogens is 469 g/mol. The Hall–Kier alpha value is -1.16. The molecule has 1 unspecified atom stereocenters. The molecule has 10 heteroatoms. The molecule has 1 aromatic heterocycles. The van der Waals surface area contributed by atoms with Crippen LogP contribution in [0, 0.1) is 5.82 Å². The van der Waals surface area contributed by atoms with Gasteiger partial charge in [0.2, 0.25) is 10.0 Å². The normalized spacial score (nSPS) is 21.6. The summed E-state index contributed by atoms with van der Waals surface area (Å²) >= 11 is 3.33. The molecule has 3 rings (SSSR count). The van der Waals surface area contributed by atoms with Crippen molar-refractivity contribution in [2.24, 2.45) is 0 Å². The van der Waals surface area contributed by atoms with Gasteiger partial charge in [0.1, 0.15) is 16.1 Å². The molecule has 0 saturated carbocycles. The van der Waals surface area contributed by atoms with Gasteiger partial charge in [-0.05, 0) is 38.0 Å². The fourth-order valence-electron chi connectivity index (χ4n) is 3.00. The monoisotopic (exact) mass is 481 g/mol. The molecule has 1 atom stereocenters. The minimum Gasteiger partial charge on any atom is -0.222 e. The Labute approximate surface area is 163 Å². The van der Waals surface area contributed by atoms with Gasteiger partial charge in [-0.2, -0.15) is 0 Å². The molecule has 0 spiro atoms. The zero-order valence-corrected chi connectivity index (χ0v) is 17.7. The first-order valence-corrected chi connectivity index (χ1v) is 12.0. The molecule has 1 heterocycles. The highest BCUT2D eigenvalue weighted by Gasteiger charge is 2.43. The summed E-state index contributed by atoms with van der Waals surface area (Å²) in [5.74, 6) is -0.852. The molecular formula is C16H14BrClFNO4S2. The Kier molecular flexibility index (Phi) is 4.66. The first-order valence-electron chi connectivity index (χ1n) is 7.44. The minimum atomic E-state index is -4.44. The van der Waals surface area contributed by atoms with Crippen LogP contribution >= 0.6 is 26.6 Å². The van der Waals surface area contributed by atoms with Crippen LogP contribution in [0.2, 0.25) is 0 Å². The molecule has 1 aliphatic carbocycles. The van der Waals surface area contributed by atoms with Crippen LogP contribution in [0.4, 0.5) is 4.39 Å². The van der Waals surface area contributed by atoms with E-state index in [2.05, 4.69) is 15.9 Å². The van der Waals surface area contributed by atoms with Crippen LogP contribution in [0.3, 0.4) is 0 Å². The molecule has 0 bridgehead atoms. The third-order valence-electron chi connectivity index (χ3n) is 4.36. The lowest BCUT2D eigenvalue weighted by Crippen LogP contribution is -2.39. The molecule has 140 valence electrons. The maximum atomic E-state index is 14.5. The van der Waals surface area contributed by atoms with Gasteiger partial charge in [-0.1, -0.05) is 40.2 Å². The zero-order chi connectivity index (χ0) is 19.5. The van der Waals surface area contributed by atoms with Crippen LogP contribution < -0.4 is 0 Å². The fourth-order valence-corrected chi connectivity index (χ4v) is 6.64. The molecule has 5 nitrogen and oxygen atoms in total. The molecule has 0 aliphatic heterocycles. The van der Waals surface area contributed by atoms with E-state index in [9.17, 15) is 21.2 Å². The van der Waals surface area contributed by atoms with E-state index in [1.807, 2.05) is 0 Å². The van der Waals surface area contributed by atoms with Crippen molar-refractivity contribution in [1.29, 1.82) is 0 Å². The molecule has 0 radical (unpaired) electrons. The van der Waals surface area contributed by atoms with Gasteiger partial charge in [0, 0.05) is 20.6 Å². The van der Waals surface area contributed by atoms with Crippen LogP contribution in [0.5, 0.6) is 0 Å². The average Bonchev–Trinajstić information content (AvgIpc) is 2.93. The van der Waals surface area contributed by atoms with E-state index in [0.717, 1.165) is 16.6 Å². The highest BCUT2D eigenvalue weighted by molar-refractivity contribution is 9.12. The second kappa shape index (κ2) is 6.19. The van der Waals surface area contributed by atoms with Gasteiger partial charge in [0.05, 0.1) is 0 Å². The van der Waals surface area contributed by atoms with Crippen LogP contribution in [0.15, 0.2) is 51.5 Å². The molecule has 26 heavy (non-hydrogen) atoms. The van der Waals surface area contributed by atoms with E-state index in [4.69, 9.17) is 10.7 Å². The highest BCUT2D eigenvalue weighted by atomic mass is 79.9. The highest BCUT2D eigenvalue weighted by Crippen LogP contribution is 2.39. The smallest absolute Gasteiger partial charge is 0.222 e. The topological polar surface area (TPSA) is 73.2 Å². The van der Waals surface area contributed by atoms with Gasteiger partial charge >= 0.3 is 0 Å². The molecule has 0 amide bonds. The Morgan fingerprint density at radius 1 is 1.27 bits per heavy atom. The predicted molar refractivity (Wildman–Crippen MR) is 103 cm³/mol. The van der Waals surface area contributed by atoms with Gasteiger partial charge in [-0.3, -0.25) is 0 Å². The van der Waals surface area contributed by atoms with Gasteiger partial charge in [-0.15, -0.1) is 0 Å². The number of hydrogen-bond acceptors (Lipinski definition) is 4. The van der Waals surface area contributed by atoms with Gasteiger partial charge < -0.3 is 0 Å². The van der Waals surface area contributed by atoms with Crippen LogP contribution in [-0.2, 0) is 19.1 Å². The van der Waals surface area contributed by atoms with E-state index in [1.54, 1.807) is 13.0 Å². The molecule has 0 fully saturated rings. The van der Waals surface area contributed by atoms with Crippen LogP contribution in [0.25, 0.3) is 10.9 Å². The Bertz CT molecular complexity index is 1200. The first kappa shape index (κ1) is 19.6. The lowest BCUT2D eigenvalue weighted by molar-refractivity contribution is 0.545. The number of fused-ring (bicyclic) bond motifs is 1. The van der Waals surface area contributed by atoms with Crippen molar-refractivity contribution >= 4 is 56.6 Å². The Balaban J connectivity index is 2.42. The second-order valence-corrected chi connectivity index (χ2v) is 11.9. The van der Waals surface area contributed by atoms with Gasteiger partial charge in [0.25, 0.3) is 9.05 Å². The fraction of sp³-hybridized carbons (Fsp3) is 0.250. The van der Waals surface area contributed by atoms with Crippen molar-refractivity contribution in [2.75, 3.05) is 0 Å². The van der Waals surface area contributed by atoms with E-state index >= 15 is 0 Å². The van der Waals surface area contributed by atoms with Crippen molar-refractivity contribution < 1.29 is 21.2 Å². The molecule has 1 aliphatic rings. The van der Waals surface area contributed by atoms with Gasteiger partial charge in [-0.25, -0.2) is 25.2 Å². The molecule has 1 aromatic carbocycles. The molecule has 0 N–H and O–H groups in total. The van der Waals surface area contributed by atoms with Crippen LogP contribution in [-0.4, -0.2) is 25.6 Å². The number of aromatic nitrogens is 1. The van der Waals surface area contributed by atoms with Crippen molar-refractivity contribution in [2.45, 2.75) is 30.0 Å². The number of para-hydroxylation sites is 1. The van der Waals surface area contributed by atoms with Crippen molar-refractivity contribution in [3.8, 4) is 0 Å². The summed E-state index contributed by atoms with van der Waals surface area (Å²) in [5.41, 5.74) is 0.335.